The van der Waals surface area contributed by atoms with Gasteiger partial charge in [0.1, 0.15) is 11.4 Å². The van der Waals surface area contributed by atoms with Crippen LogP contribution < -0.4 is 15.4 Å². The summed E-state index contributed by atoms with van der Waals surface area (Å²) < 4.78 is 5.59. The second-order valence-electron chi connectivity index (χ2n) is 6.51. The SMILES string of the molecule is CC(C)Oc1ccc(/C=C(/NC(=O)c2ccccc2)C(=O)NCCC(=O)O)cc1. The highest BCUT2D eigenvalue weighted by atomic mass is 16.5. The molecule has 0 aliphatic rings. The molecule has 0 aromatic heterocycles. The van der Waals surface area contributed by atoms with Crippen LogP contribution in [0.1, 0.15) is 36.2 Å². The van der Waals surface area contributed by atoms with Gasteiger partial charge in [-0.25, -0.2) is 0 Å². The maximum Gasteiger partial charge on any atom is 0.305 e. The van der Waals surface area contributed by atoms with E-state index in [0.717, 1.165) is 0 Å². The molecule has 0 heterocycles. The van der Waals surface area contributed by atoms with Crippen molar-refractivity contribution >= 4 is 23.9 Å². The summed E-state index contributed by atoms with van der Waals surface area (Å²) in [5.41, 5.74) is 1.09. The van der Waals surface area contributed by atoms with Gasteiger partial charge in [-0.1, -0.05) is 30.3 Å². The topological polar surface area (TPSA) is 105 Å². The van der Waals surface area contributed by atoms with Gasteiger partial charge in [0.15, 0.2) is 0 Å². The quantitative estimate of drug-likeness (QED) is 0.566. The zero-order valence-electron chi connectivity index (χ0n) is 16.3. The Labute approximate surface area is 169 Å². The van der Waals surface area contributed by atoms with Crippen LogP contribution in [0, 0.1) is 0 Å². The number of carboxylic acid groups (broad SMARTS) is 1. The average Bonchev–Trinajstić information content (AvgIpc) is 2.68. The van der Waals surface area contributed by atoms with Gasteiger partial charge in [-0.2, -0.15) is 0 Å². The highest BCUT2D eigenvalue weighted by molar-refractivity contribution is 6.05. The Morgan fingerprint density at radius 2 is 1.69 bits per heavy atom. The van der Waals surface area contributed by atoms with E-state index in [2.05, 4.69) is 10.6 Å². The van der Waals surface area contributed by atoms with Crippen molar-refractivity contribution in [2.24, 2.45) is 0 Å². The van der Waals surface area contributed by atoms with Crippen molar-refractivity contribution in [3.05, 3.63) is 71.4 Å². The molecule has 0 unspecified atom stereocenters. The van der Waals surface area contributed by atoms with Gasteiger partial charge < -0.3 is 20.5 Å². The minimum absolute atomic E-state index is 0.0155. The standard InChI is InChI=1S/C22H24N2O5/c1-15(2)29-18-10-8-16(9-11-18)14-19(22(28)23-13-12-20(25)26)24-21(27)17-6-4-3-5-7-17/h3-11,14-15H,12-13H2,1-2H3,(H,23,28)(H,24,27)(H,25,26)/b19-14+. The number of aliphatic carboxylic acids is 1. The summed E-state index contributed by atoms with van der Waals surface area (Å²) in [4.78, 5) is 35.6. The number of hydrogen-bond acceptors (Lipinski definition) is 4. The molecule has 0 saturated heterocycles. The van der Waals surface area contributed by atoms with Crippen LogP contribution in [0.4, 0.5) is 0 Å². The molecule has 0 bridgehead atoms. The minimum atomic E-state index is -1.02. The van der Waals surface area contributed by atoms with Crippen LogP contribution in [-0.2, 0) is 9.59 Å². The molecule has 2 amide bonds. The van der Waals surface area contributed by atoms with Gasteiger partial charge >= 0.3 is 5.97 Å². The summed E-state index contributed by atoms with van der Waals surface area (Å²) in [6.45, 7) is 3.80. The Bertz CT molecular complexity index is 874. The molecule has 29 heavy (non-hydrogen) atoms. The predicted octanol–water partition coefficient (Wildman–Crippen LogP) is 2.84. The minimum Gasteiger partial charge on any atom is -0.491 e. The number of carbonyl (C=O) groups is 3. The summed E-state index contributed by atoms with van der Waals surface area (Å²) >= 11 is 0. The van der Waals surface area contributed by atoms with Crippen molar-refractivity contribution in [1.82, 2.24) is 10.6 Å². The lowest BCUT2D eigenvalue weighted by molar-refractivity contribution is -0.136. The molecule has 0 aliphatic heterocycles. The second kappa shape index (κ2) is 10.7. The molecular formula is C22H24N2O5. The number of benzene rings is 2. The van der Waals surface area contributed by atoms with Crippen LogP contribution >= 0.6 is 0 Å². The molecule has 152 valence electrons. The molecule has 2 aromatic carbocycles. The molecule has 3 N–H and O–H groups in total. The summed E-state index contributed by atoms with van der Waals surface area (Å²) in [5.74, 6) is -1.34. The maximum atomic E-state index is 12.5. The third-order valence-corrected chi connectivity index (χ3v) is 3.72. The third kappa shape index (κ3) is 7.50. The van der Waals surface area contributed by atoms with Crippen molar-refractivity contribution in [2.75, 3.05) is 6.54 Å². The number of carbonyl (C=O) groups excluding carboxylic acids is 2. The maximum absolute atomic E-state index is 12.5. The fourth-order valence-corrected chi connectivity index (χ4v) is 2.40. The molecule has 7 nitrogen and oxygen atoms in total. The van der Waals surface area contributed by atoms with Crippen molar-refractivity contribution in [2.45, 2.75) is 26.4 Å². The lowest BCUT2D eigenvalue weighted by atomic mass is 10.1. The van der Waals surface area contributed by atoms with Gasteiger partial charge in [-0.05, 0) is 49.8 Å². The monoisotopic (exact) mass is 396 g/mol. The second-order valence-corrected chi connectivity index (χ2v) is 6.51. The van der Waals surface area contributed by atoms with Gasteiger partial charge in [-0.3, -0.25) is 14.4 Å². The first-order valence-corrected chi connectivity index (χ1v) is 9.20. The fraction of sp³-hybridized carbons (Fsp3) is 0.227. The van der Waals surface area contributed by atoms with Gasteiger partial charge in [-0.15, -0.1) is 0 Å². The van der Waals surface area contributed by atoms with Crippen molar-refractivity contribution in [3.63, 3.8) is 0 Å². The normalized spacial score (nSPS) is 11.1. The van der Waals surface area contributed by atoms with Crippen molar-refractivity contribution in [1.29, 1.82) is 0 Å². The lowest BCUT2D eigenvalue weighted by Gasteiger charge is -2.12. The van der Waals surface area contributed by atoms with Crippen LogP contribution in [0.15, 0.2) is 60.3 Å². The van der Waals surface area contributed by atoms with Gasteiger partial charge in [0.05, 0.1) is 12.5 Å². The van der Waals surface area contributed by atoms with Gasteiger partial charge in [0.2, 0.25) is 0 Å². The van der Waals surface area contributed by atoms with E-state index in [4.69, 9.17) is 9.84 Å². The smallest absolute Gasteiger partial charge is 0.305 e. The summed E-state index contributed by atoms with van der Waals surface area (Å²) in [6, 6.07) is 15.5. The fourth-order valence-electron chi connectivity index (χ4n) is 2.40. The number of rotatable bonds is 9. The summed E-state index contributed by atoms with van der Waals surface area (Å²) in [6.07, 6.45) is 1.35. The Kier molecular flexibility index (Phi) is 7.97. The molecular weight excluding hydrogens is 372 g/mol. The van der Waals surface area contributed by atoms with E-state index < -0.39 is 17.8 Å². The van der Waals surface area contributed by atoms with Crippen LogP contribution in [0.2, 0.25) is 0 Å². The Morgan fingerprint density at radius 1 is 1.03 bits per heavy atom. The van der Waals surface area contributed by atoms with Crippen LogP contribution in [-0.4, -0.2) is 35.5 Å². The highest BCUT2D eigenvalue weighted by Gasteiger charge is 2.15. The Hall–Kier alpha value is -3.61. The number of hydrogen-bond donors (Lipinski definition) is 3. The zero-order chi connectivity index (χ0) is 21.2. The average molecular weight is 396 g/mol. The summed E-state index contributed by atoms with van der Waals surface area (Å²) in [5, 5.41) is 13.8. The molecule has 0 atom stereocenters. The Balaban J connectivity index is 2.20. The van der Waals surface area contributed by atoms with Crippen molar-refractivity contribution in [3.8, 4) is 5.75 Å². The molecule has 2 rings (SSSR count). The van der Waals surface area contributed by atoms with E-state index in [1.165, 1.54) is 6.08 Å². The number of carboxylic acids is 1. The Morgan fingerprint density at radius 3 is 2.28 bits per heavy atom. The van der Waals surface area contributed by atoms with Crippen LogP contribution in [0.25, 0.3) is 6.08 Å². The van der Waals surface area contributed by atoms with Gasteiger partial charge in [0, 0.05) is 12.1 Å². The number of amides is 2. The molecule has 0 saturated carbocycles. The first-order chi connectivity index (χ1) is 13.8. The van der Waals surface area contributed by atoms with E-state index in [1.807, 2.05) is 13.8 Å². The molecule has 0 aliphatic carbocycles. The lowest BCUT2D eigenvalue weighted by Crippen LogP contribution is -2.35. The molecule has 2 aromatic rings. The first-order valence-electron chi connectivity index (χ1n) is 9.20. The van der Waals surface area contributed by atoms with E-state index in [9.17, 15) is 14.4 Å². The van der Waals surface area contributed by atoms with E-state index in [1.54, 1.807) is 54.6 Å². The van der Waals surface area contributed by atoms with E-state index in [0.29, 0.717) is 16.9 Å². The van der Waals surface area contributed by atoms with E-state index >= 15 is 0 Å². The molecule has 0 spiro atoms. The molecule has 0 radical (unpaired) electrons. The van der Waals surface area contributed by atoms with Gasteiger partial charge in [0.25, 0.3) is 11.8 Å². The zero-order valence-corrected chi connectivity index (χ0v) is 16.3. The molecule has 7 heteroatoms. The number of ether oxygens (including phenoxy) is 1. The highest BCUT2D eigenvalue weighted by Crippen LogP contribution is 2.16. The van der Waals surface area contributed by atoms with Crippen molar-refractivity contribution < 1.29 is 24.2 Å². The van der Waals surface area contributed by atoms with Crippen LogP contribution in [0.3, 0.4) is 0 Å². The van der Waals surface area contributed by atoms with E-state index in [-0.39, 0.29) is 24.8 Å². The first kappa shape index (κ1) is 21.7. The summed E-state index contributed by atoms with van der Waals surface area (Å²) in [7, 11) is 0. The largest absolute Gasteiger partial charge is 0.491 e. The third-order valence-electron chi connectivity index (χ3n) is 3.72. The predicted molar refractivity (Wildman–Crippen MR) is 109 cm³/mol. The van der Waals surface area contributed by atoms with Crippen LogP contribution in [0.5, 0.6) is 5.75 Å². The number of nitrogens with one attached hydrogen (secondary N) is 2. The molecule has 0 fully saturated rings.